The molecule has 6 nitrogen and oxygen atoms in total. The van der Waals surface area contributed by atoms with Crippen LogP contribution in [0.25, 0.3) is 0 Å². The van der Waals surface area contributed by atoms with E-state index in [0.717, 1.165) is 17.8 Å². The Labute approximate surface area is 125 Å². The van der Waals surface area contributed by atoms with Crippen LogP contribution in [0.2, 0.25) is 0 Å². The van der Waals surface area contributed by atoms with Gasteiger partial charge in [-0.2, -0.15) is 10.2 Å². The number of amides is 1. The molecule has 0 saturated carbocycles. The number of nitrogens with one attached hydrogen (secondary N) is 1. The summed E-state index contributed by atoms with van der Waals surface area (Å²) in [6.45, 7) is 6.54. The number of carbonyl (C=O) groups is 1. The average molecular weight is 339 g/mol. The Hall–Kier alpha value is -1.89. The van der Waals surface area contributed by atoms with Gasteiger partial charge in [-0.25, -0.2) is 5.43 Å². The van der Waals surface area contributed by atoms with Gasteiger partial charge in [0.1, 0.15) is 0 Å². The highest BCUT2D eigenvalue weighted by Gasteiger charge is 2.11. The Balaban J connectivity index is 2.10. The largest absolute Gasteiger partial charge is 0.444 e. The number of aromatic nitrogens is 2. The van der Waals surface area contributed by atoms with E-state index in [-0.39, 0.29) is 5.76 Å². The molecule has 0 aliphatic rings. The summed E-state index contributed by atoms with van der Waals surface area (Å²) in [5.41, 5.74) is 4.95. The van der Waals surface area contributed by atoms with Crippen molar-refractivity contribution in [3.8, 4) is 0 Å². The van der Waals surface area contributed by atoms with E-state index in [2.05, 4.69) is 31.6 Å². The normalized spacial score (nSPS) is 11.7. The summed E-state index contributed by atoms with van der Waals surface area (Å²) >= 11 is 3.14. The molecular formula is C13H15BrN4O2. The van der Waals surface area contributed by atoms with Crippen LogP contribution < -0.4 is 5.43 Å². The van der Waals surface area contributed by atoms with Gasteiger partial charge in [0, 0.05) is 18.3 Å². The van der Waals surface area contributed by atoms with E-state index in [1.165, 1.54) is 0 Å². The van der Waals surface area contributed by atoms with E-state index in [1.54, 1.807) is 12.1 Å². The number of carbonyl (C=O) groups excluding carboxylic acids is 1. The third-order valence-electron chi connectivity index (χ3n) is 2.78. The quantitative estimate of drug-likeness (QED) is 0.688. The summed E-state index contributed by atoms with van der Waals surface area (Å²) in [5, 5.41) is 8.41. The van der Waals surface area contributed by atoms with Crippen LogP contribution in [0.15, 0.2) is 32.5 Å². The number of nitrogens with zero attached hydrogens (tertiary/aromatic N) is 3. The highest BCUT2D eigenvalue weighted by Crippen LogP contribution is 2.13. The van der Waals surface area contributed by atoms with Crippen molar-refractivity contribution in [2.45, 2.75) is 27.3 Å². The summed E-state index contributed by atoms with van der Waals surface area (Å²) in [6, 6.07) is 3.23. The second-order valence-electron chi connectivity index (χ2n) is 4.23. The summed E-state index contributed by atoms with van der Waals surface area (Å²) in [5.74, 6) is -0.190. The fourth-order valence-corrected chi connectivity index (χ4v) is 2.03. The fourth-order valence-electron chi connectivity index (χ4n) is 1.72. The number of hydrogen-bond acceptors (Lipinski definition) is 4. The molecule has 2 heterocycles. The number of furan rings is 1. The Morgan fingerprint density at radius 3 is 2.85 bits per heavy atom. The predicted octanol–water partition coefficient (Wildman–Crippen LogP) is 2.72. The molecule has 0 saturated heterocycles. The zero-order valence-corrected chi connectivity index (χ0v) is 13.1. The minimum atomic E-state index is -0.393. The van der Waals surface area contributed by atoms with Crippen LogP contribution in [-0.2, 0) is 6.54 Å². The maximum absolute atomic E-state index is 11.8. The molecule has 0 aliphatic heterocycles. The monoisotopic (exact) mass is 338 g/mol. The molecule has 0 radical (unpaired) electrons. The molecule has 2 rings (SSSR count). The molecule has 0 aromatic carbocycles. The molecule has 2 aromatic heterocycles. The maximum atomic E-state index is 11.8. The number of aryl methyl sites for hydroxylation is 2. The molecule has 0 atom stereocenters. The first kappa shape index (κ1) is 14.5. The minimum Gasteiger partial charge on any atom is -0.444 e. The standard InChI is InChI=1S/C13H15BrN4O2/c1-4-18-7-10(9(3)17-18)8(2)15-16-13(19)11-5-6-12(14)20-11/h5-7H,4H2,1-3H3,(H,16,19)/b15-8-. The van der Waals surface area contributed by atoms with E-state index in [0.29, 0.717) is 10.4 Å². The molecule has 0 unspecified atom stereocenters. The SMILES string of the molecule is CCn1cc(/C(C)=N\NC(=O)c2ccc(Br)o2)c(C)n1. The van der Waals surface area contributed by atoms with Gasteiger partial charge in [-0.15, -0.1) is 0 Å². The zero-order chi connectivity index (χ0) is 14.7. The van der Waals surface area contributed by atoms with Gasteiger partial charge in [0.25, 0.3) is 0 Å². The van der Waals surface area contributed by atoms with E-state index >= 15 is 0 Å². The first-order valence-electron chi connectivity index (χ1n) is 6.15. The molecule has 7 heteroatoms. The topological polar surface area (TPSA) is 72.4 Å². The van der Waals surface area contributed by atoms with Gasteiger partial charge < -0.3 is 4.42 Å². The van der Waals surface area contributed by atoms with Crippen molar-refractivity contribution in [1.29, 1.82) is 0 Å². The number of halogens is 1. The van der Waals surface area contributed by atoms with Crippen molar-refractivity contribution in [3.63, 3.8) is 0 Å². The molecule has 0 bridgehead atoms. The van der Waals surface area contributed by atoms with Gasteiger partial charge in [0.05, 0.1) is 11.4 Å². The van der Waals surface area contributed by atoms with Gasteiger partial charge in [0.2, 0.25) is 0 Å². The van der Waals surface area contributed by atoms with Crippen LogP contribution in [-0.4, -0.2) is 21.4 Å². The Morgan fingerprint density at radius 1 is 1.55 bits per heavy atom. The van der Waals surface area contributed by atoms with E-state index in [9.17, 15) is 4.79 Å². The molecule has 0 spiro atoms. The van der Waals surface area contributed by atoms with Gasteiger partial charge in [-0.05, 0) is 48.8 Å². The fraction of sp³-hybridized carbons (Fsp3) is 0.308. The van der Waals surface area contributed by atoms with Crippen molar-refractivity contribution < 1.29 is 9.21 Å². The lowest BCUT2D eigenvalue weighted by atomic mass is 10.2. The van der Waals surface area contributed by atoms with Gasteiger partial charge in [-0.3, -0.25) is 9.48 Å². The molecule has 1 N–H and O–H groups in total. The summed E-state index contributed by atoms with van der Waals surface area (Å²) in [4.78, 5) is 11.8. The van der Waals surface area contributed by atoms with Crippen LogP contribution in [0.4, 0.5) is 0 Å². The average Bonchev–Trinajstić information content (AvgIpc) is 3.01. The van der Waals surface area contributed by atoms with Crippen molar-refractivity contribution in [2.75, 3.05) is 0 Å². The van der Waals surface area contributed by atoms with Crippen LogP contribution in [0.3, 0.4) is 0 Å². The van der Waals surface area contributed by atoms with Crippen LogP contribution in [0.5, 0.6) is 0 Å². The first-order valence-corrected chi connectivity index (χ1v) is 6.95. The molecule has 20 heavy (non-hydrogen) atoms. The maximum Gasteiger partial charge on any atom is 0.307 e. The van der Waals surface area contributed by atoms with E-state index in [1.807, 2.05) is 31.6 Å². The van der Waals surface area contributed by atoms with Gasteiger partial charge >= 0.3 is 5.91 Å². The summed E-state index contributed by atoms with van der Waals surface area (Å²) in [7, 11) is 0. The van der Waals surface area contributed by atoms with Gasteiger partial charge in [-0.1, -0.05) is 0 Å². The lowest BCUT2D eigenvalue weighted by Gasteiger charge is -1.99. The smallest absolute Gasteiger partial charge is 0.307 e. The second kappa shape index (κ2) is 6.04. The zero-order valence-electron chi connectivity index (χ0n) is 11.5. The number of rotatable bonds is 4. The third kappa shape index (κ3) is 3.16. The molecule has 1 amide bonds. The van der Waals surface area contributed by atoms with E-state index in [4.69, 9.17) is 4.42 Å². The highest BCUT2D eigenvalue weighted by atomic mass is 79.9. The number of hydrazone groups is 1. The summed E-state index contributed by atoms with van der Waals surface area (Å²) in [6.07, 6.45) is 1.91. The number of hydrogen-bond donors (Lipinski definition) is 1. The first-order chi connectivity index (χ1) is 9.51. The van der Waals surface area contributed by atoms with Gasteiger partial charge in [0.15, 0.2) is 10.4 Å². The molecule has 106 valence electrons. The lowest BCUT2D eigenvalue weighted by Crippen LogP contribution is -2.18. The minimum absolute atomic E-state index is 0.203. The van der Waals surface area contributed by atoms with Crippen LogP contribution in [0, 0.1) is 6.92 Å². The molecule has 0 fully saturated rings. The lowest BCUT2D eigenvalue weighted by molar-refractivity contribution is 0.0926. The molecule has 2 aromatic rings. The Kier molecular flexibility index (Phi) is 4.39. The highest BCUT2D eigenvalue weighted by molar-refractivity contribution is 9.10. The third-order valence-corrected chi connectivity index (χ3v) is 3.21. The summed E-state index contributed by atoms with van der Waals surface area (Å²) < 4.78 is 7.48. The van der Waals surface area contributed by atoms with Crippen LogP contribution in [0.1, 0.15) is 35.7 Å². The van der Waals surface area contributed by atoms with Crippen molar-refractivity contribution >= 4 is 27.5 Å². The molecule has 0 aliphatic carbocycles. The van der Waals surface area contributed by atoms with Crippen molar-refractivity contribution in [3.05, 3.63) is 40.0 Å². The van der Waals surface area contributed by atoms with Crippen molar-refractivity contribution in [1.82, 2.24) is 15.2 Å². The molecular weight excluding hydrogens is 324 g/mol. The second-order valence-corrected chi connectivity index (χ2v) is 5.01. The Morgan fingerprint density at radius 2 is 2.30 bits per heavy atom. The van der Waals surface area contributed by atoms with Crippen LogP contribution >= 0.6 is 15.9 Å². The van der Waals surface area contributed by atoms with E-state index < -0.39 is 5.91 Å². The Bertz CT molecular complexity index is 657. The van der Waals surface area contributed by atoms with Crippen molar-refractivity contribution in [2.24, 2.45) is 5.10 Å². The predicted molar refractivity (Wildman–Crippen MR) is 78.7 cm³/mol.